The van der Waals surface area contributed by atoms with Crippen molar-refractivity contribution in [3.63, 3.8) is 0 Å². The van der Waals surface area contributed by atoms with Gasteiger partial charge >= 0.3 is 6.01 Å². The van der Waals surface area contributed by atoms with Crippen molar-refractivity contribution in [1.82, 2.24) is 15.0 Å². The minimum absolute atomic E-state index is 0.00601. The topological polar surface area (TPSA) is 83.4 Å². The first kappa shape index (κ1) is 15.8. The molecule has 1 atom stereocenters. The lowest BCUT2D eigenvalue weighted by atomic mass is 10.2. The second-order valence-corrected chi connectivity index (χ2v) is 5.51. The van der Waals surface area contributed by atoms with Gasteiger partial charge in [-0.1, -0.05) is 6.92 Å². The molecule has 2 heterocycles. The number of rotatable bonds is 7. The van der Waals surface area contributed by atoms with Crippen LogP contribution in [0.25, 0.3) is 0 Å². The van der Waals surface area contributed by atoms with Crippen molar-refractivity contribution >= 4 is 11.9 Å². The van der Waals surface area contributed by atoms with Crippen molar-refractivity contribution in [3.05, 3.63) is 0 Å². The quantitative estimate of drug-likeness (QED) is 0.787. The molecule has 1 fully saturated rings. The monoisotopic (exact) mass is 295 g/mol. The molecule has 1 unspecified atom stereocenters. The number of nitrogens with zero attached hydrogens (tertiary/aromatic N) is 4. The summed E-state index contributed by atoms with van der Waals surface area (Å²) < 4.78 is 5.61. The van der Waals surface area contributed by atoms with Crippen LogP contribution in [0, 0.1) is 0 Å². The molecule has 0 amide bonds. The summed E-state index contributed by atoms with van der Waals surface area (Å²) in [6, 6.07) is 0.413. The summed E-state index contributed by atoms with van der Waals surface area (Å²) in [6.45, 7) is 7.73. The third-order valence-corrected chi connectivity index (χ3v) is 3.32. The Bertz CT molecular complexity index is 455. The third-order valence-electron chi connectivity index (χ3n) is 3.32. The highest BCUT2D eigenvalue weighted by atomic mass is 16.5. The highest BCUT2D eigenvalue weighted by Gasteiger charge is 2.27. The maximum atomic E-state index is 9.46. The van der Waals surface area contributed by atoms with Gasteiger partial charge in [-0.2, -0.15) is 15.0 Å². The van der Waals surface area contributed by atoms with E-state index in [4.69, 9.17) is 4.74 Å². The number of hydrogen-bond acceptors (Lipinski definition) is 7. The second-order valence-electron chi connectivity index (χ2n) is 5.51. The van der Waals surface area contributed by atoms with Crippen LogP contribution < -0.4 is 15.0 Å². The minimum Gasteiger partial charge on any atom is -0.461 e. The van der Waals surface area contributed by atoms with Crippen LogP contribution in [0.4, 0.5) is 11.9 Å². The number of hydrogen-bond donors (Lipinski definition) is 2. The van der Waals surface area contributed by atoms with E-state index in [1.165, 1.54) is 0 Å². The van der Waals surface area contributed by atoms with Crippen LogP contribution in [0.2, 0.25) is 0 Å². The van der Waals surface area contributed by atoms with Gasteiger partial charge < -0.3 is 20.1 Å². The predicted octanol–water partition coefficient (Wildman–Crippen LogP) is 1.44. The zero-order valence-electron chi connectivity index (χ0n) is 13.0. The molecule has 1 saturated heterocycles. The summed E-state index contributed by atoms with van der Waals surface area (Å²) >= 11 is 0. The molecular weight excluding hydrogens is 270 g/mol. The Morgan fingerprint density at radius 2 is 2.19 bits per heavy atom. The molecule has 118 valence electrons. The summed E-state index contributed by atoms with van der Waals surface area (Å²) in [4.78, 5) is 15.2. The first-order valence-electron chi connectivity index (χ1n) is 7.68. The first-order chi connectivity index (χ1) is 10.1. The van der Waals surface area contributed by atoms with Crippen LogP contribution in [0.5, 0.6) is 6.01 Å². The molecule has 7 nitrogen and oxygen atoms in total. The molecule has 0 aromatic carbocycles. The number of nitrogens with one attached hydrogen (secondary N) is 1. The third kappa shape index (κ3) is 4.17. The molecule has 21 heavy (non-hydrogen) atoms. The summed E-state index contributed by atoms with van der Waals surface area (Å²) in [6.07, 6.45) is 2.99. The molecule has 0 aliphatic carbocycles. The van der Waals surface area contributed by atoms with Crippen molar-refractivity contribution < 1.29 is 9.84 Å². The Balaban J connectivity index is 2.25. The molecule has 2 rings (SSSR count). The fourth-order valence-electron chi connectivity index (χ4n) is 2.34. The highest BCUT2D eigenvalue weighted by molar-refractivity contribution is 5.40. The Morgan fingerprint density at radius 3 is 2.86 bits per heavy atom. The van der Waals surface area contributed by atoms with E-state index in [1.54, 1.807) is 0 Å². The van der Waals surface area contributed by atoms with Crippen molar-refractivity contribution in [2.75, 3.05) is 29.9 Å². The molecule has 1 aliphatic rings. The van der Waals surface area contributed by atoms with E-state index in [-0.39, 0.29) is 18.8 Å². The Hall–Kier alpha value is -1.63. The molecule has 0 saturated carbocycles. The molecule has 0 radical (unpaired) electrons. The Labute approximate surface area is 125 Å². The van der Waals surface area contributed by atoms with Gasteiger partial charge in [-0.3, -0.25) is 0 Å². The molecular formula is C14H25N5O2. The lowest BCUT2D eigenvalue weighted by Crippen LogP contribution is -2.34. The number of aliphatic hydroxyl groups is 1. The zero-order chi connectivity index (χ0) is 15.2. The first-order valence-corrected chi connectivity index (χ1v) is 7.68. The van der Waals surface area contributed by atoms with E-state index >= 15 is 0 Å². The van der Waals surface area contributed by atoms with Gasteiger partial charge in [0.15, 0.2) is 0 Å². The fraction of sp³-hybridized carbons (Fsp3) is 0.786. The van der Waals surface area contributed by atoms with Crippen LogP contribution in [0.1, 0.15) is 40.0 Å². The van der Waals surface area contributed by atoms with Crippen LogP contribution in [-0.4, -0.2) is 51.9 Å². The smallest absolute Gasteiger partial charge is 0.323 e. The van der Waals surface area contributed by atoms with Gasteiger partial charge in [-0.15, -0.1) is 0 Å². The van der Waals surface area contributed by atoms with Crippen molar-refractivity contribution in [1.29, 1.82) is 0 Å². The molecule has 1 aliphatic heterocycles. The van der Waals surface area contributed by atoms with Gasteiger partial charge in [0.1, 0.15) is 0 Å². The van der Waals surface area contributed by atoms with Gasteiger partial charge in [-0.05, 0) is 33.1 Å². The lowest BCUT2D eigenvalue weighted by molar-refractivity contribution is 0.221. The SMILES string of the molecule is CCCNc1nc(OC(C)C)nc(N2CCCC2CO)n1. The molecule has 7 heteroatoms. The molecule has 0 spiro atoms. The predicted molar refractivity (Wildman–Crippen MR) is 81.8 cm³/mol. The van der Waals surface area contributed by atoms with Crippen molar-refractivity contribution in [3.8, 4) is 6.01 Å². The van der Waals surface area contributed by atoms with Gasteiger partial charge in [-0.25, -0.2) is 0 Å². The summed E-state index contributed by atoms with van der Waals surface area (Å²) in [7, 11) is 0. The molecule has 1 aromatic rings. The number of aliphatic hydroxyl groups excluding tert-OH is 1. The normalized spacial score (nSPS) is 18.3. The average Bonchev–Trinajstić information content (AvgIpc) is 2.92. The molecule has 0 bridgehead atoms. The van der Waals surface area contributed by atoms with Crippen molar-refractivity contribution in [2.45, 2.75) is 52.2 Å². The van der Waals surface area contributed by atoms with Crippen LogP contribution >= 0.6 is 0 Å². The van der Waals surface area contributed by atoms with E-state index in [9.17, 15) is 5.11 Å². The largest absolute Gasteiger partial charge is 0.461 e. The fourth-order valence-corrected chi connectivity index (χ4v) is 2.34. The lowest BCUT2D eigenvalue weighted by Gasteiger charge is -2.23. The number of anilines is 2. The maximum absolute atomic E-state index is 9.46. The molecule has 2 N–H and O–H groups in total. The minimum atomic E-state index is 0.00601. The maximum Gasteiger partial charge on any atom is 0.323 e. The van der Waals surface area contributed by atoms with E-state index in [1.807, 2.05) is 18.7 Å². The number of aromatic nitrogens is 3. The second kappa shape index (κ2) is 7.40. The van der Waals surface area contributed by atoms with Gasteiger partial charge in [0.25, 0.3) is 0 Å². The van der Waals surface area contributed by atoms with E-state index in [0.717, 1.165) is 32.4 Å². The van der Waals surface area contributed by atoms with Gasteiger partial charge in [0.05, 0.1) is 18.8 Å². The average molecular weight is 295 g/mol. The van der Waals surface area contributed by atoms with Crippen LogP contribution in [-0.2, 0) is 0 Å². The number of ether oxygens (including phenoxy) is 1. The standard InChI is InChI=1S/C14H25N5O2/c1-4-7-15-12-16-13(18-14(17-12)21-10(2)3)19-8-5-6-11(19)9-20/h10-11,20H,4-9H2,1-3H3,(H,15,16,17,18). The summed E-state index contributed by atoms with van der Waals surface area (Å²) in [5.74, 6) is 1.11. The van der Waals surface area contributed by atoms with Gasteiger partial charge in [0, 0.05) is 13.1 Å². The van der Waals surface area contributed by atoms with E-state index in [2.05, 4.69) is 27.2 Å². The molecule has 1 aromatic heterocycles. The Kier molecular flexibility index (Phi) is 5.55. The summed E-state index contributed by atoms with van der Waals surface area (Å²) in [5.41, 5.74) is 0. The van der Waals surface area contributed by atoms with Gasteiger partial charge in [0.2, 0.25) is 11.9 Å². The van der Waals surface area contributed by atoms with E-state index < -0.39 is 0 Å². The van der Waals surface area contributed by atoms with Crippen LogP contribution in [0.15, 0.2) is 0 Å². The Morgan fingerprint density at radius 1 is 1.38 bits per heavy atom. The van der Waals surface area contributed by atoms with E-state index in [0.29, 0.717) is 17.9 Å². The van der Waals surface area contributed by atoms with Crippen molar-refractivity contribution in [2.24, 2.45) is 0 Å². The van der Waals surface area contributed by atoms with Crippen LogP contribution in [0.3, 0.4) is 0 Å². The summed E-state index contributed by atoms with van der Waals surface area (Å²) in [5, 5.41) is 12.6. The zero-order valence-corrected chi connectivity index (χ0v) is 13.0. The highest BCUT2D eigenvalue weighted by Crippen LogP contribution is 2.24.